The SMILES string of the molecule is CC(CN(C)C(=O)c1cccc(N(C)C)c1)C(N)=NO. The lowest BCUT2D eigenvalue weighted by Gasteiger charge is -2.21. The summed E-state index contributed by atoms with van der Waals surface area (Å²) in [6, 6.07) is 7.41. The minimum Gasteiger partial charge on any atom is -0.409 e. The van der Waals surface area contributed by atoms with Crippen LogP contribution in [-0.4, -0.2) is 49.5 Å². The highest BCUT2D eigenvalue weighted by Crippen LogP contribution is 2.15. The molecule has 0 aromatic heterocycles. The molecule has 1 rings (SSSR count). The number of hydrogen-bond donors (Lipinski definition) is 2. The van der Waals surface area contributed by atoms with Gasteiger partial charge in [-0.2, -0.15) is 0 Å². The number of carbonyl (C=O) groups excluding carboxylic acids is 1. The first kappa shape index (κ1) is 15.8. The van der Waals surface area contributed by atoms with Crippen molar-refractivity contribution in [3.8, 4) is 0 Å². The first-order chi connectivity index (χ1) is 9.36. The number of nitrogens with zero attached hydrogens (tertiary/aromatic N) is 3. The molecule has 0 aliphatic rings. The summed E-state index contributed by atoms with van der Waals surface area (Å²) in [5, 5.41) is 11.6. The van der Waals surface area contributed by atoms with Crippen molar-refractivity contribution in [2.24, 2.45) is 16.8 Å². The molecule has 20 heavy (non-hydrogen) atoms. The van der Waals surface area contributed by atoms with E-state index in [2.05, 4.69) is 5.16 Å². The third-order valence-corrected chi connectivity index (χ3v) is 3.12. The van der Waals surface area contributed by atoms with E-state index < -0.39 is 0 Å². The predicted molar refractivity (Wildman–Crippen MR) is 80.3 cm³/mol. The summed E-state index contributed by atoms with van der Waals surface area (Å²) in [6.07, 6.45) is 0. The average Bonchev–Trinajstić information content (AvgIpc) is 2.45. The van der Waals surface area contributed by atoms with Crippen LogP contribution in [0, 0.1) is 5.92 Å². The second-order valence-corrected chi connectivity index (χ2v) is 5.06. The quantitative estimate of drug-likeness (QED) is 0.367. The Labute approximate surface area is 119 Å². The first-order valence-electron chi connectivity index (χ1n) is 6.37. The molecule has 0 heterocycles. The Morgan fingerprint density at radius 2 is 2.05 bits per heavy atom. The molecule has 0 radical (unpaired) electrons. The molecule has 1 unspecified atom stereocenters. The molecule has 6 heteroatoms. The Morgan fingerprint density at radius 3 is 2.60 bits per heavy atom. The Bertz CT molecular complexity index is 500. The van der Waals surface area contributed by atoms with E-state index in [0.29, 0.717) is 12.1 Å². The molecule has 0 saturated carbocycles. The van der Waals surface area contributed by atoms with Gasteiger partial charge in [-0.1, -0.05) is 18.1 Å². The Morgan fingerprint density at radius 1 is 1.40 bits per heavy atom. The Balaban J connectivity index is 2.81. The fourth-order valence-electron chi connectivity index (χ4n) is 1.82. The van der Waals surface area contributed by atoms with Gasteiger partial charge in [-0.05, 0) is 18.2 Å². The molecular weight excluding hydrogens is 256 g/mol. The van der Waals surface area contributed by atoms with E-state index in [1.807, 2.05) is 37.2 Å². The summed E-state index contributed by atoms with van der Waals surface area (Å²) in [6.45, 7) is 2.19. The van der Waals surface area contributed by atoms with Crippen LogP contribution in [0.4, 0.5) is 5.69 Å². The van der Waals surface area contributed by atoms with Gasteiger partial charge in [0, 0.05) is 44.9 Å². The zero-order valence-corrected chi connectivity index (χ0v) is 12.4. The van der Waals surface area contributed by atoms with E-state index in [-0.39, 0.29) is 17.7 Å². The van der Waals surface area contributed by atoms with Gasteiger partial charge in [-0.15, -0.1) is 0 Å². The van der Waals surface area contributed by atoms with Crippen molar-refractivity contribution in [1.82, 2.24) is 4.90 Å². The first-order valence-corrected chi connectivity index (χ1v) is 6.37. The lowest BCUT2D eigenvalue weighted by atomic mass is 10.1. The van der Waals surface area contributed by atoms with Crippen molar-refractivity contribution in [1.29, 1.82) is 0 Å². The third-order valence-electron chi connectivity index (χ3n) is 3.12. The molecule has 1 aromatic rings. The zero-order valence-electron chi connectivity index (χ0n) is 12.4. The molecular formula is C14H22N4O2. The summed E-state index contributed by atoms with van der Waals surface area (Å²) in [7, 11) is 5.55. The predicted octanol–water partition coefficient (Wildman–Crippen LogP) is 1.21. The highest BCUT2D eigenvalue weighted by molar-refractivity contribution is 5.95. The standard InChI is InChI=1S/C14H22N4O2/c1-10(13(15)16-20)9-18(4)14(19)11-6-5-7-12(8-11)17(2)3/h5-8,10,20H,9H2,1-4H3,(H2,15,16). The van der Waals surface area contributed by atoms with Crippen LogP contribution < -0.4 is 10.6 Å². The molecule has 0 saturated heterocycles. The topological polar surface area (TPSA) is 82.2 Å². The monoisotopic (exact) mass is 278 g/mol. The highest BCUT2D eigenvalue weighted by atomic mass is 16.4. The van der Waals surface area contributed by atoms with Crippen LogP contribution in [0.2, 0.25) is 0 Å². The molecule has 110 valence electrons. The van der Waals surface area contributed by atoms with Crippen LogP contribution in [0.25, 0.3) is 0 Å². The number of hydrogen-bond acceptors (Lipinski definition) is 4. The molecule has 1 aromatic carbocycles. The Kier molecular flexibility index (Phi) is 5.37. The number of rotatable bonds is 5. The smallest absolute Gasteiger partial charge is 0.253 e. The van der Waals surface area contributed by atoms with E-state index in [9.17, 15) is 4.79 Å². The fraction of sp³-hybridized carbons (Fsp3) is 0.429. The van der Waals surface area contributed by atoms with Gasteiger partial charge in [0.2, 0.25) is 0 Å². The Hall–Kier alpha value is -2.24. The summed E-state index contributed by atoms with van der Waals surface area (Å²) in [5.74, 6) is -0.177. The van der Waals surface area contributed by atoms with E-state index in [4.69, 9.17) is 10.9 Å². The maximum absolute atomic E-state index is 12.3. The van der Waals surface area contributed by atoms with Crippen LogP contribution in [0.5, 0.6) is 0 Å². The second-order valence-electron chi connectivity index (χ2n) is 5.06. The average molecular weight is 278 g/mol. The molecule has 3 N–H and O–H groups in total. The third kappa shape index (κ3) is 3.88. The minimum atomic E-state index is -0.203. The van der Waals surface area contributed by atoms with Crippen molar-refractivity contribution in [2.45, 2.75) is 6.92 Å². The molecule has 1 amide bonds. The van der Waals surface area contributed by atoms with Crippen molar-refractivity contribution in [3.63, 3.8) is 0 Å². The fourth-order valence-corrected chi connectivity index (χ4v) is 1.82. The van der Waals surface area contributed by atoms with Gasteiger partial charge in [-0.3, -0.25) is 4.79 Å². The van der Waals surface area contributed by atoms with Crippen molar-refractivity contribution >= 4 is 17.4 Å². The second kappa shape index (κ2) is 6.79. The maximum atomic E-state index is 12.3. The number of amides is 1. The maximum Gasteiger partial charge on any atom is 0.253 e. The molecule has 0 spiro atoms. The van der Waals surface area contributed by atoms with E-state index in [1.54, 1.807) is 24.9 Å². The highest BCUT2D eigenvalue weighted by Gasteiger charge is 2.17. The summed E-state index contributed by atoms with van der Waals surface area (Å²) in [4.78, 5) is 15.8. The molecule has 0 aliphatic heterocycles. The zero-order chi connectivity index (χ0) is 15.3. The van der Waals surface area contributed by atoms with Crippen molar-refractivity contribution in [2.75, 3.05) is 32.6 Å². The van der Waals surface area contributed by atoms with Gasteiger partial charge in [0.25, 0.3) is 5.91 Å². The van der Waals surface area contributed by atoms with Gasteiger partial charge >= 0.3 is 0 Å². The number of carbonyl (C=O) groups is 1. The van der Waals surface area contributed by atoms with Gasteiger partial charge < -0.3 is 20.7 Å². The number of benzene rings is 1. The molecule has 0 fully saturated rings. The number of oxime groups is 1. The summed E-state index contributed by atoms with van der Waals surface area (Å²) >= 11 is 0. The molecule has 0 aliphatic carbocycles. The molecule has 6 nitrogen and oxygen atoms in total. The number of nitrogens with two attached hydrogens (primary N) is 1. The largest absolute Gasteiger partial charge is 0.409 e. The van der Waals surface area contributed by atoms with Crippen molar-refractivity contribution < 1.29 is 10.0 Å². The van der Waals surface area contributed by atoms with E-state index in [1.165, 1.54) is 0 Å². The number of anilines is 1. The van der Waals surface area contributed by atoms with Crippen molar-refractivity contribution in [3.05, 3.63) is 29.8 Å². The van der Waals surface area contributed by atoms with Crippen LogP contribution >= 0.6 is 0 Å². The van der Waals surface area contributed by atoms with Crippen LogP contribution in [0.1, 0.15) is 17.3 Å². The van der Waals surface area contributed by atoms with Crippen LogP contribution in [0.15, 0.2) is 29.4 Å². The van der Waals surface area contributed by atoms with Crippen LogP contribution in [0.3, 0.4) is 0 Å². The summed E-state index contributed by atoms with van der Waals surface area (Å²) < 4.78 is 0. The lowest BCUT2D eigenvalue weighted by molar-refractivity contribution is 0.0786. The van der Waals surface area contributed by atoms with Crippen LogP contribution in [-0.2, 0) is 0 Å². The van der Waals surface area contributed by atoms with Gasteiger partial charge in [0.1, 0.15) is 5.84 Å². The van der Waals surface area contributed by atoms with Gasteiger partial charge in [0.05, 0.1) is 0 Å². The van der Waals surface area contributed by atoms with E-state index >= 15 is 0 Å². The lowest BCUT2D eigenvalue weighted by Crippen LogP contribution is -2.36. The molecule has 1 atom stereocenters. The van der Waals surface area contributed by atoms with Gasteiger partial charge in [-0.25, -0.2) is 0 Å². The van der Waals surface area contributed by atoms with Gasteiger partial charge in [0.15, 0.2) is 0 Å². The normalized spacial score (nSPS) is 12.9. The summed E-state index contributed by atoms with van der Waals surface area (Å²) in [5.41, 5.74) is 7.11. The number of amidine groups is 1. The minimum absolute atomic E-state index is 0.0914. The molecule has 0 bridgehead atoms. The van der Waals surface area contributed by atoms with E-state index in [0.717, 1.165) is 5.69 Å².